The Balaban J connectivity index is 1.70. The van der Waals surface area contributed by atoms with Gasteiger partial charge in [-0.3, -0.25) is 4.79 Å². The highest BCUT2D eigenvalue weighted by Gasteiger charge is 2.23. The number of para-hydroxylation sites is 1. The SMILES string of the molecule is COc1cc(OCCN(C)C)c(NC(=O)/C=C/C(F)(F)F)cc1Nc1nccc(-c2c(C)n(C)c3ccccc23)n1. The summed E-state index contributed by atoms with van der Waals surface area (Å²) >= 11 is 0. The lowest BCUT2D eigenvalue weighted by Crippen LogP contribution is -2.20. The number of allylic oxidation sites excluding steroid dienone is 1. The third-order valence-electron chi connectivity index (χ3n) is 6.34. The van der Waals surface area contributed by atoms with Gasteiger partial charge < -0.3 is 29.6 Å². The van der Waals surface area contributed by atoms with Crippen LogP contribution in [-0.2, 0) is 11.8 Å². The van der Waals surface area contributed by atoms with Gasteiger partial charge in [-0.05, 0) is 39.2 Å². The molecule has 41 heavy (non-hydrogen) atoms. The third-order valence-corrected chi connectivity index (χ3v) is 6.34. The monoisotopic (exact) mass is 568 g/mol. The van der Waals surface area contributed by atoms with Crippen molar-refractivity contribution in [3.8, 4) is 22.8 Å². The number of ether oxygens (including phenoxy) is 2. The van der Waals surface area contributed by atoms with E-state index in [2.05, 4.69) is 20.2 Å². The highest BCUT2D eigenvalue weighted by molar-refractivity contribution is 6.01. The largest absolute Gasteiger partial charge is 0.494 e. The number of aryl methyl sites for hydroxylation is 1. The number of halogens is 3. The van der Waals surface area contributed by atoms with Crippen molar-refractivity contribution in [3.05, 3.63) is 66.5 Å². The summed E-state index contributed by atoms with van der Waals surface area (Å²) < 4.78 is 51.3. The van der Waals surface area contributed by atoms with E-state index in [1.165, 1.54) is 13.2 Å². The zero-order valence-corrected chi connectivity index (χ0v) is 23.3. The number of carbonyl (C=O) groups is 1. The molecule has 0 radical (unpaired) electrons. The normalized spacial score (nSPS) is 11.8. The Hall–Kier alpha value is -4.58. The minimum atomic E-state index is -4.63. The molecule has 0 spiro atoms. The Morgan fingerprint density at radius 1 is 1.12 bits per heavy atom. The second-order valence-corrected chi connectivity index (χ2v) is 9.49. The molecule has 2 N–H and O–H groups in total. The minimum absolute atomic E-state index is 0.133. The van der Waals surface area contributed by atoms with Gasteiger partial charge in [-0.25, -0.2) is 9.97 Å². The molecule has 2 aromatic carbocycles. The molecule has 0 unspecified atom stereocenters. The van der Waals surface area contributed by atoms with Gasteiger partial charge in [0.15, 0.2) is 0 Å². The fraction of sp³-hybridized carbons (Fsp3) is 0.276. The first-order valence-corrected chi connectivity index (χ1v) is 12.7. The van der Waals surface area contributed by atoms with Crippen molar-refractivity contribution in [2.24, 2.45) is 7.05 Å². The number of aromatic nitrogens is 3. The van der Waals surface area contributed by atoms with Crippen molar-refractivity contribution in [3.63, 3.8) is 0 Å². The van der Waals surface area contributed by atoms with Gasteiger partial charge in [0.2, 0.25) is 11.9 Å². The highest BCUT2D eigenvalue weighted by Crippen LogP contribution is 2.38. The maximum absolute atomic E-state index is 12.6. The van der Waals surface area contributed by atoms with Crippen LogP contribution in [0.1, 0.15) is 5.69 Å². The molecule has 0 aliphatic heterocycles. The Labute approximate surface area is 235 Å². The number of hydrogen-bond acceptors (Lipinski definition) is 7. The van der Waals surface area contributed by atoms with E-state index in [0.717, 1.165) is 22.2 Å². The van der Waals surface area contributed by atoms with E-state index in [-0.39, 0.29) is 30.1 Å². The average molecular weight is 569 g/mol. The Morgan fingerprint density at radius 3 is 2.59 bits per heavy atom. The molecule has 2 heterocycles. The minimum Gasteiger partial charge on any atom is -0.494 e. The summed E-state index contributed by atoms with van der Waals surface area (Å²) in [7, 11) is 7.20. The predicted molar refractivity (Wildman–Crippen MR) is 153 cm³/mol. The summed E-state index contributed by atoms with van der Waals surface area (Å²) in [4.78, 5) is 23.3. The van der Waals surface area contributed by atoms with E-state index in [9.17, 15) is 18.0 Å². The molecule has 12 heteroatoms. The van der Waals surface area contributed by atoms with Crippen LogP contribution in [0.15, 0.2) is 60.8 Å². The smallest absolute Gasteiger partial charge is 0.409 e. The van der Waals surface area contributed by atoms with E-state index in [4.69, 9.17) is 14.5 Å². The Kier molecular flexibility index (Phi) is 8.82. The molecule has 216 valence electrons. The second-order valence-electron chi connectivity index (χ2n) is 9.49. The van der Waals surface area contributed by atoms with Crippen molar-refractivity contribution < 1.29 is 27.4 Å². The van der Waals surface area contributed by atoms with Crippen molar-refractivity contribution in [2.45, 2.75) is 13.1 Å². The summed E-state index contributed by atoms with van der Waals surface area (Å²) in [6.45, 7) is 2.85. The predicted octanol–water partition coefficient (Wildman–Crippen LogP) is 5.69. The van der Waals surface area contributed by atoms with E-state index in [1.807, 2.05) is 63.3 Å². The van der Waals surface area contributed by atoms with Crippen molar-refractivity contribution in [1.82, 2.24) is 19.4 Å². The number of anilines is 3. The van der Waals surface area contributed by atoms with Crippen LogP contribution in [0.2, 0.25) is 0 Å². The van der Waals surface area contributed by atoms with Crippen LogP contribution in [0.5, 0.6) is 11.5 Å². The zero-order valence-electron chi connectivity index (χ0n) is 23.3. The number of hydrogen-bond donors (Lipinski definition) is 2. The van der Waals surface area contributed by atoms with Gasteiger partial charge in [-0.15, -0.1) is 0 Å². The molecule has 4 rings (SSSR count). The molecular formula is C29H31F3N6O3. The number of nitrogens with zero attached hydrogens (tertiary/aromatic N) is 4. The van der Waals surface area contributed by atoms with Crippen LogP contribution in [0.25, 0.3) is 22.2 Å². The van der Waals surface area contributed by atoms with Gasteiger partial charge in [0, 0.05) is 60.2 Å². The van der Waals surface area contributed by atoms with Gasteiger partial charge in [0.25, 0.3) is 0 Å². The lowest BCUT2D eigenvalue weighted by molar-refractivity contribution is -0.112. The van der Waals surface area contributed by atoms with Crippen LogP contribution in [-0.4, -0.2) is 65.9 Å². The maximum Gasteiger partial charge on any atom is 0.409 e. The molecule has 4 aromatic rings. The van der Waals surface area contributed by atoms with E-state index >= 15 is 0 Å². The number of carbonyl (C=O) groups excluding carboxylic acids is 1. The number of likely N-dealkylation sites (N-methyl/N-ethyl adjacent to an activating group) is 1. The topological polar surface area (TPSA) is 93.5 Å². The van der Waals surface area contributed by atoms with Gasteiger partial charge in [-0.2, -0.15) is 13.2 Å². The first-order valence-electron chi connectivity index (χ1n) is 12.7. The number of nitrogens with one attached hydrogen (secondary N) is 2. The van der Waals surface area contributed by atoms with Crippen LogP contribution in [0.4, 0.5) is 30.5 Å². The zero-order chi connectivity index (χ0) is 29.7. The molecule has 1 amide bonds. The third kappa shape index (κ3) is 7.14. The molecule has 0 bridgehead atoms. The molecule has 0 aliphatic rings. The van der Waals surface area contributed by atoms with E-state index in [0.29, 0.717) is 29.8 Å². The molecular weight excluding hydrogens is 537 g/mol. The quantitative estimate of drug-likeness (QED) is 0.237. The van der Waals surface area contributed by atoms with Crippen molar-refractivity contribution in [2.75, 3.05) is 45.0 Å². The van der Waals surface area contributed by atoms with Crippen LogP contribution in [0, 0.1) is 6.92 Å². The lowest BCUT2D eigenvalue weighted by Gasteiger charge is -2.18. The fourth-order valence-corrected chi connectivity index (χ4v) is 4.25. The summed E-state index contributed by atoms with van der Waals surface area (Å²) in [6.07, 6.45) is -2.71. The summed E-state index contributed by atoms with van der Waals surface area (Å²) in [6, 6.07) is 12.9. The fourth-order valence-electron chi connectivity index (χ4n) is 4.25. The standard InChI is InChI=1S/C29H31F3N6O3/c1-18-27(19-8-6-7-9-23(19)38(18)4)20-11-13-33-28(35-20)36-21-16-22(34-26(39)10-12-29(30,31)32)25(17-24(21)40-5)41-15-14-37(2)3/h6-13,16-17H,14-15H2,1-5H3,(H,34,39)(H,33,35,36)/b12-10+. The molecule has 0 aliphatic carbocycles. The second kappa shape index (κ2) is 12.3. The number of methoxy groups -OCH3 is 1. The Morgan fingerprint density at radius 2 is 1.88 bits per heavy atom. The van der Waals surface area contributed by atoms with E-state index in [1.54, 1.807) is 12.3 Å². The molecule has 2 aromatic heterocycles. The van der Waals surface area contributed by atoms with Crippen molar-refractivity contribution >= 4 is 34.1 Å². The van der Waals surface area contributed by atoms with Crippen LogP contribution < -0.4 is 20.1 Å². The molecule has 0 saturated heterocycles. The average Bonchev–Trinajstić information content (AvgIpc) is 3.18. The molecule has 0 atom stereocenters. The molecule has 0 fully saturated rings. The van der Waals surface area contributed by atoms with E-state index < -0.39 is 12.1 Å². The maximum atomic E-state index is 12.6. The number of rotatable bonds is 10. The highest BCUT2D eigenvalue weighted by atomic mass is 19.4. The van der Waals surface area contributed by atoms with Gasteiger partial charge in [0.05, 0.1) is 24.2 Å². The van der Waals surface area contributed by atoms with Crippen LogP contribution >= 0.6 is 0 Å². The molecule has 0 saturated carbocycles. The summed E-state index contributed by atoms with van der Waals surface area (Å²) in [5.74, 6) is -0.141. The first-order chi connectivity index (χ1) is 19.5. The van der Waals surface area contributed by atoms with Crippen molar-refractivity contribution in [1.29, 1.82) is 0 Å². The summed E-state index contributed by atoms with van der Waals surface area (Å²) in [5.41, 5.74) is 4.28. The number of amides is 1. The number of fused-ring (bicyclic) bond motifs is 1. The first kappa shape index (κ1) is 29.4. The lowest BCUT2D eigenvalue weighted by atomic mass is 10.1. The molecule has 9 nitrogen and oxygen atoms in total. The van der Waals surface area contributed by atoms with Crippen LogP contribution in [0.3, 0.4) is 0 Å². The number of benzene rings is 2. The van der Waals surface area contributed by atoms with Gasteiger partial charge in [0.1, 0.15) is 18.1 Å². The number of alkyl halides is 3. The Bertz CT molecular complexity index is 1580. The van der Waals surface area contributed by atoms with Gasteiger partial charge in [-0.1, -0.05) is 18.2 Å². The van der Waals surface area contributed by atoms with Gasteiger partial charge >= 0.3 is 6.18 Å². The summed E-state index contributed by atoms with van der Waals surface area (Å²) in [5, 5.41) is 6.62.